The summed E-state index contributed by atoms with van der Waals surface area (Å²) in [5.41, 5.74) is 1.12. The van der Waals surface area contributed by atoms with E-state index in [1.54, 1.807) is 0 Å². The van der Waals surface area contributed by atoms with Crippen molar-refractivity contribution in [1.82, 2.24) is 30.0 Å². The normalized spacial score (nSPS) is 24.6. The third-order valence-electron chi connectivity index (χ3n) is 5.85. The lowest BCUT2D eigenvalue weighted by Crippen LogP contribution is -2.54. The van der Waals surface area contributed by atoms with Crippen molar-refractivity contribution >= 4 is 0 Å². The number of aliphatic hydroxyl groups is 3. The Morgan fingerprint density at radius 1 is 0.943 bits per heavy atom. The Morgan fingerprint density at radius 2 is 1.66 bits per heavy atom. The predicted molar refractivity (Wildman–Crippen MR) is 113 cm³/mol. The zero-order chi connectivity index (χ0) is 24.7. The van der Waals surface area contributed by atoms with E-state index in [0.717, 1.165) is 22.4 Å². The van der Waals surface area contributed by atoms with Crippen molar-refractivity contribution in [2.24, 2.45) is 0 Å². The SMILES string of the molecule is OC[C@H]1O[C@@H](n2nncc2-c2ccccc2)[C@H](O)[C@@H](n2cc(-c3cc(F)c(F)c(F)c3)nn2)[C@H]1O. The number of aromatic nitrogens is 6. The van der Waals surface area contributed by atoms with Crippen LogP contribution in [0.3, 0.4) is 0 Å². The fourth-order valence-electron chi connectivity index (χ4n) is 4.10. The molecule has 35 heavy (non-hydrogen) atoms. The van der Waals surface area contributed by atoms with Gasteiger partial charge in [-0.3, -0.25) is 0 Å². The van der Waals surface area contributed by atoms with Crippen molar-refractivity contribution < 1.29 is 33.2 Å². The second kappa shape index (κ2) is 9.19. The minimum absolute atomic E-state index is 0.0310. The molecule has 182 valence electrons. The number of nitrogens with zero attached hydrogens (tertiary/aromatic N) is 6. The summed E-state index contributed by atoms with van der Waals surface area (Å²) in [6, 6.07) is 9.39. The first-order valence-electron chi connectivity index (χ1n) is 10.5. The first-order chi connectivity index (χ1) is 16.9. The van der Waals surface area contributed by atoms with Crippen LogP contribution in [0.15, 0.2) is 54.9 Å². The first kappa shape index (κ1) is 23.1. The van der Waals surface area contributed by atoms with E-state index in [0.29, 0.717) is 5.69 Å². The summed E-state index contributed by atoms with van der Waals surface area (Å²) in [7, 11) is 0. The molecule has 1 aliphatic rings. The molecule has 0 amide bonds. The van der Waals surface area contributed by atoms with Crippen LogP contribution in [0.4, 0.5) is 13.2 Å². The number of hydrogen-bond donors (Lipinski definition) is 3. The molecule has 1 saturated heterocycles. The van der Waals surface area contributed by atoms with Gasteiger partial charge in [0.1, 0.15) is 30.0 Å². The second-order valence-corrected chi connectivity index (χ2v) is 7.99. The van der Waals surface area contributed by atoms with E-state index >= 15 is 0 Å². The van der Waals surface area contributed by atoms with Gasteiger partial charge in [-0.25, -0.2) is 22.5 Å². The smallest absolute Gasteiger partial charge is 0.194 e. The van der Waals surface area contributed by atoms with E-state index in [9.17, 15) is 28.5 Å². The first-order valence-corrected chi connectivity index (χ1v) is 10.5. The average molecular weight is 488 g/mol. The zero-order valence-electron chi connectivity index (χ0n) is 17.9. The van der Waals surface area contributed by atoms with Crippen LogP contribution < -0.4 is 0 Å². The molecule has 0 aliphatic carbocycles. The zero-order valence-corrected chi connectivity index (χ0v) is 17.9. The molecule has 10 nitrogen and oxygen atoms in total. The molecular formula is C22H19F3N6O4. The van der Waals surface area contributed by atoms with Crippen LogP contribution >= 0.6 is 0 Å². The van der Waals surface area contributed by atoms with Crippen molar-refractivity contribution in [2.45, 2.75) is 30.6 Å². The molecule has 1 fully saturated rings. The van der Waals surface area contributed by atoms with Gasteiger partial charge in [0.25, 0.3) is 0 Å². The monoisotopic (exact) mass is 488 g/mol. The maximum absolute atomic E-state index is 13.7. The molecular weight excluding hydrogens is 469 g/mol. The van der Waals surface area contributed by atoms with Crippen LogP contribution in [0.25, 0.3) is 22.5 Å². The summed E-state index contributed by atoms with van der Waals surface area (Å²) in [4.78, 5) is 0. The molecule has 0 bridgehead atoms. The molecule has 3 heterocycles. The number of halogens is 3. The molecule has 3 N–H and O–H groups in total. The Hall–Kier alpha value is -3.65. The lowest BCUT2D eigenvalue weighted by Gasteiger charge is -2.42. The van der Waals surface area contributed by atoms with Gasteiger partial charge in [-0.15, -0.1) is 10.2 Å². The van der Waals surface area contributed by atoms with Crippen LogP contribution in [-0.4, -0.2) is 70.2 Å². The highest BCUT2D eigenvalue weighted by atomic mass is 19.2. The lowest BCUT2D eigenvalue weighted by molar-refractivity contribution is -0.233. The largest absolute Gasteiger partial charge is 0.394 e. The summed E-state index contributed by atoms with van der Waals surface area (Å²) in [6.45, 7) is -0.591. The van der Waals surface area contributed by atoms with E-state index in [-0.39, 0.29) is 11.3 Å². The van der Waals surface area contributed by atoms with Crippen LogP contribution in [0.1, 0.15) is 12.3 Å². The molecule has 0 spiro atoms. The van der Waals surface area contributed by atoms with E-state index in [4.69, 9.17) is 4.74 Å². The maximum Gasteiger partial charge on any atom is 0.194 e. The Morgan fingerprint density at radius 3 is 2.34 bits per heavy atom. The van der Waals surface area contributed by atoms with E-state index in [1.165, 1.54) is 17.1 Å². The van der Waals surface area contributed by atoms with Gasteiger partial charge in [0, 0.05) is 11.1 Å². The van der Waals surface area contributed by atoms with Crippen LogP contribution in [-0.2, 0) is 4.74 Å². The number of ether oxygens (including phenoxy) is 1. The van der Waals surface area contributed by atoms with Crippen molar-refractivity contribution in [3.05, 3.63) is 72.3 Å². The minimum Gasteiger partial charge on any atom is -0.394 e. The van der Waals surface area contributed by atoms with Crippen LogP contribution in [0.5, 0.6) is 0 Å². The third kappa shape index (κ3) is 4.08. The summed E-state index contributed by atoms with van der Waals surface area (Å²) in [6.07, 6.45) is -2.52. The van der Waals surface area contributed by atoms with E-state index in [1.807, 2.05) is 30.3 Å². The molecule has 0 saturated carbocycles. The van der Waals surface area contributed by atoms with Crippen LogP contribution in [0.2, 0.25) is 0 Å². The number of hydrogen-bond acceptors (Lipinski definition) is 8. The topological polar surface area (TPSA) is 131 Å². The highest BCUT2D eigenvalue weighted by molar-refractivity contribution is 5.58. The quantitative estimate of drug-likeness (QED) is 0.360. The fourth-order valence-corrected chi connectivity index (χ4v) is 4.10. The van der Waals surface area contributed by atoms with Crippen molar-refractivity contribution in [1.29, 1.82) is 0 Å². The molecule has 5 atom stereocenters. The molecule has 2 aromatic heterocycles. The number of benzene rings is 2. The Labute approximate surface area is 195 Å². The van der Waals surface area contributed by atoms with Gasteiger partial charge in [-0.2, -0.15) is 0 Å². The van der Waals surface area contributed by atoms with Gasteiger partial charge >= 0.3 is 0 Å². The highest BCUT2D eigenvalue weighted by Gasteiger charge is 2.47. The summed E-state index contributed by atoms with van der Waals surface area (Å²) < 4.78 is 48.9. The van der Waals surface area contributed by atoms with Crippen molar-refractivity contribution in [2.75, 3.05) is 6.61 Å². The van der Waals surface area contributed by atoms with Crippen LogP contribution in [0, 0.1) is 17.5 Å². The van der Waals surface area contributed by atoms with Gasteiger partial charge in [0.15, 0.2) is 23.7 Å². The van der Waals surface area contributed by atoms with Gasteiger partial charge in [0.05, 0.1) is 24.7 Å². The van der Waals surface area contributed by atoms with E-state index in [2.05, 4.69) is 20.6 Å². The Bertz CT molecular complexity index is 1310. The molecule has 13 heteroatoms. The van der Waals surface area contributed by atoms with Crippen molar-refractivity contribution in [3.8, 4) is 22.5 Å². The predicted octanol–water partition coefficient (Wildman–Crippen LogP) is 1.47. The molecule has 4 aromatic rings. The molecule has 1 aliphatic heterocycles. The summed E-state index contributed by atoms with van der Waals surface area (Å²) >= 11 is 0. The molecule has 0 unspecified atom stereocenters. The highest BCUT2D eigenvalue weighted by Crippen LogP contribution is 2.37. The van der Waals surface area contributed by atoms with E-state index < -0.39 is 54.6 Å². The molecule has 2 aromatic carbocycles. The lowest BCUT2D eigenvalue weighted by atomic mass is 9.95. The maximum atomic E-state index is 13.7. The number of aliphatic hydroxyl groups excluding tert-OH is 3. The second-order valence-electron chi connectivity index (χ2n) is 7.99. The number of rotatable bonds is 5. The summed E-state index contributed by atoms with van der Waals surface area (Å²) in [5.74, 6) is -4.42. The Balaban J connectivity index is 1.51. The molecule has 0 radical (unpaired) electrons. The Kier molecular flexibility index (Phi) is 6.06. The van der Waals surface area contributed by atoms with Gasteiger partial charge in [-0.1, -0.05) is 40.8 Å². The average Bonchev–Trinajstić information content (AvgIpc) is 3.54. The summed E-state index contributed by atoms with van der Waals surface area (Å²) in [5, 5.41) is 47.5. The van der Waals surface area contributed by atoms with Gasteiger partial charge < -0.3 is 20.1 Å². The third-order valence-corrected chi connectivity index (χ3v) is 5.85. The fraction of sp³-hybridized carbons (Fsp3) is 0.273. The standard InChI is InChI=1S/C22H19F3N6O4/c23-13-6-12(7-14(24)18(13)25)15-9-30(29-27-15)19-20(33)17(10-32)35-22(21(19)34)31-16(8-26-28-31)11-4-2-1-3-5-11/h1-9,17,19-22,32-34H,10H2/t17-,19+,20+,21-,22-/m1/s1. The molecule has 5 rings (SSSR count). The van der Waals surface area contributed by atoms with Crippen molar-refractivity contribution in [3.63, 3.8) is 0 Å². The van der Waals surface area contributed by atoms with Gasteiger partial charge in [-0.05, 0) is 12.1 Å². The van der Waals surface area contributed by atoms with Gasteiger partial charge in [0.2, 0.25) is 0 Å². The minimum atomic E-state index is -1.62.